The average Bonchev–Trinajstić information content (AvgIpc) is 2.63. The first-order valence-corrected chi connectivity index (χ1v) is 6.67. The van der Waals surface area contributed by atoms with Gasteiger partial charge in [0.2, 0.25) is 23.6 Å². The maximum Gasteiger partial charge on any atom is 0.233 e. The molecule has 0 radical (unpaired) electrons. The molecule has 2 saturated heterocycles. The van der Waals surface area contributed by atoms with Gasteiger partial charge in [-0.2, -0.15) is 0 Å². The minimum atomic E-state index is -0.626. The van der Waals surface area contributed by atoms with Crippen molar-refractivity contribution in [3.05, 3.63) is 12.2 Å². The number of hydrogen-bond acceptors (Lipinski definition) is 4. The molecule has 106 valence electrons. The van der Waals surface area contributed by atoms with Gasteiger partial charge in [0, 0.05) is 13.6 Å². The van der Waals surface area contributed by atoms with E-state index < -0.39 is 23.7 Å². The van der Waals surface area contributed by atoms with Crippen molar-refractivity contribution in [1.29, 1.82) is 0 Å². The number of nitrogens with zero attached hydrogens (tertiary/aromatic N) is 2. The van der Waals surface area contributed by atoms with Gasteiger partial charge in [-0.15, -0.1) is 6.58 Å². The van der Waals surface area contributed by atoms with Crippen LogP contribution < -0.4 is 0 Å². The molecule has 6 nitrogen and oxygen atoms in total. The van der Waals surface area contributed by atoms with Gasteiger partial charge in [-0.05, 0) is 13.3 Å². The molecule has 0 spiro atoms. The number of fused-ring (bicyclic) bond motifs is 4. The van der Waals surface area contributed by atoms with Crippen molar-refractivity contribution in [2.24, 2.45) is 23.7 Å². The van der Waals surface area contributed by atoms with Crippen molar-refractivity contribution >= 4 is 23.6 Å². The van der Waals surface area contributed by atoms with E-state index in [1.165, 1.54) is 11.9 Å². The standard InChI is InChI=1S/C14H16N2O4/c1-6(2)4-5-16-13(19)9-7-8(10(9)14(16)20)12(18)15(3)11(7)17/h7-10H,1,4-5H2,2-3H3. The number of hydrogen-bond donors (Lipinski definition) is 0. The fraction of sp³-hybridized carbons (Fsp3) is 0.571. The van der Waals surface area contributed by atoms with E-state index in [0.29, 0.717) is 6.42 Å². The normalized spacial score (nSPS) is 35.3. The van der Waals surface area contributed by atoms with E-state index in [2.05, 4.69) is 6.58 Å². The van der Waals surface area contributed by atoms with Crippen LogP contribution >= 0.6 is 0 Å². The molecule has 0 aromatic carbocycles. The molecule has 2 heterocycles. The first-order chi connectivity index (χ1) is 9.36. The lowest BCUT2D eigenvalue weighted by molar-refractivity contribution is -0.146. The lowest BCUT2D eigenvalue weighted by atomic mass is 9.59. The second kappa shape index (κ2) is 4.01. The van der Waals surface area contributed by atoms with Crippen LogP contribution in [0.25, 0.3) is 0 Å². The van der Waals surface area contributed by atoms with Crippen molar-refractivity contribution in [3.8, 4) is 0 Å². The van der Waals surface area contributed by atoms with E-state index in [4.69, 9.17) is 0 Å². The molecule has 20 heavy (non-hydrogen) atoms. The van der Waals surface area contributed by atoms with Gasteiger partial charge in [-0.3, -0.25) is 29.0 Å². The Morgan fingerprint density at radius 3 is 1.75 bits per heavy atom. The first kappa shape index (κ1) is 13.0. The molecule has 6 heteroatoms. The summed E-state index contributed by atoms with van der Waals surface area (Å²) in [6.45, 7) is 5.87. The molecular formula is C14H16N2O4. The van der Waals surface area contributed by atoms with Crippen molar-refractivity contribution < 1.29 is 19.2 Å². The summed E-state index contributed by atoms with van der Waals surface area (Å²) in [5.41, 5.74) is 0.886. The predicted octanol–water partition coefficient (Wildman–Crippen LogP) is -0.202. The molecule has 4 atom stereocenters. The number of likely N-dealkylation sites (tertiary alicyclic amines) is 2. The predicted molar refractivity (Wildman–Crippen MR) is 67.9 cm³/mol. The fourth-order valence-corrected chi connectivity index (χ4v) is 3.52. The maximum atomic E-state index is 12.3. The van der Waals surface area contributed by atoms with Crippen LogP contribution in [0.2, 0.25) is 0 Å². The van der Waals surface area contributed by atoms with Gasteiger partial charge in [0.1, 0.15) is 0 Å². The maximum absolute atomic E-state index is 12.3. The molecule has 4 amide bonds. The Kier molecular flexibility index (Phi) is 2.61. The van der Waals surface area contributed by atoms with E-state index >= 15 is 0 Å². The smallest absolute Gasteiger partial charge is 0.233 e. The molecule has 2 aliphatic heterocycles. The Morgan fingerprint density at radius 1 is 0.950 bits per heavy atom. The summed E-state index contributed by atoms with van der Waals surface area (Å²) in [4.78, 5) is 50.7. The lowest BCUT2D eigenvalue weighted by Crippen LogP contribution is -2.50. The third kappa shape index (κ3) is 1.39. The van der Waals surface area contributed by atoms with Gasteiger partial charge in [-0.25, -0.2) is 0 Å². The third-order valence-electron chi connectivity index (χ3n) is 4.64. The minimum Gasteiger partial charge on any atom is -0.285 e. The van der Waals surface area contributed by atoms with Crippen LogP contribution in [0.5, 0.6) is 0 Å². The van der Waals surface area contributed by atoms with Crippen molar-refractivity contribution in [2.75, 3.05) is 13.6 Å². The highest BCUT2D eigenvalue weighted by atomic mass is 16.2. The van der Waals surface area contributed by atoms with Crippen LogP contribution in [-0.2, 0) is 19.2 Å². The fourth-order valence-electron chi connectivity index (χ4n) is 3.52. The molecule has 3 aliphatic rings. The first-order valence-electron chi connectivity index (χ1n) is 6.67. The molecule has 0 bridgehead atoms. The summed E-state index contributed by atoms with van der Waals surface area (Å²) in [6, 6.07) is 0. The summed E-state index contributed by atoms with van der Waals surface area (Å²) in [7, 11) is 1.41. The number of carbonyl (C=O) groups is 4. The molecule has 0 aromatic rings. The number of rotatable bonds is 3. The SMILES string of the molecule is C=C(C)CCN1C(=O)C2C3C(=O)N(C)C(=O)C3C2C1=O. The van der Waals surface area contributed by atoms with E-state index in [1.807, 2.05) is 6.92 Å². The molecule has 4 unspecified atom stereocenters. The van der Waals surface area contributed by atoms with Gasteiger partial charge in [0.15, 0.2) is 0 Å². The monoisotopic (exact) mass is 276 g/mol. The summed E-state index contributed by atoms with van der Waals surface area (Å²) < 4.78 is 0. The van der Waals surface area contributed by atoms with E-state index in [9.17, 15) is 19.2 Å². The van der Waals surface area contributed by atoms with E-state index in [1.54, 1.807) is 0 Å². The summed E-state index contributed by atoms with van der Waals surface area (Å²) in [5.74, 6) is -3.77. The van der Waals surface area contributed by atoms with Gasteiger partial charge in [-0.1, -0.05) is 5.57 Å². The Hall–Kier alpha value is -1.98. The molecule has 1 saturated carbocycles. The van der Waals surface area contributed by atoms with Crippen LogP contribution in [0.4, 0.5) is 0 Å². The quantitative estimate of drug-likeness (QED) is 0.528. The van der Waals surface area contributed by atoms with Gasteiger partial charge < -0.3 is 0 Å². The second-order valence-electron chi connectivity index (χ2n) is 5.87. The van der Waals surface area contributed by atoms with E-state index in [0.717, 1.165) is 10.5 Å². The molecule has 1 aliphatic carbocycles. The van der Waals surface area contributed by atoms with Crippen molar-refractivity contribution in [1.82, 2.24) is 9.80 Å². The molecule has 3 rings (SSSR count). The molecule has 3 fully saturated rings. The van der Waals surface area contributed by atoms with Crippen LogP contribution in [0.15, 0.2) is 12.2 Å². The Morgan fingerprint density at radius 2 is 1.35 bits per heavy atom. The van der Waals surface area contributed by atoms with E-state index in [-0.39, 0.29) is 30.2 Å². The Bertz CT molecular complexity index is 528. The summed E-state index contributed by atoms with van der Waals surface area (Å²) in [6.07, 6.45) is 0.550. The third-order valence-corrected chi connectivity index (χ3v) is 4.64. The van der Waals surface area contributed by atoms with Crippen LogP contribution in [-0.4, -0.2) is 47.0 Å². The average molecular weight is 276 g/mol. The highest BCUT2D eigenvalue weighted by Crippen LogP contribution is 2.56. The second-order valence-corrected chi connectivity index (χ2v) is 5.87. The van der Waals surface area contributed by atoms with Crippen LogP contribution in [0, 0.1) is 23.7 Å². The summed E-state index contributed by atoms with van der Waals surface area (Å²) >= 11 is 0. The highest BCUT2D eigenvalue weighted by Gasteiger charge is 2.72. The van der Waals surface area contributed by atoms with Crippen LogP contribution in [0.1, 0.15) is 13.3 Å². The zero-order chi connectivity index (χ0) is 14.8. The number of imide groups is 2. The van der Waals surface area contributed by atoms with Crippen molar-refractivity contribution in [2.45, 2.75) is 13.3 Å². The minimum absolute atomic E-state index is 0.289. The van der Waals surface area contributed by atoms with Gasteiger partial charge in [0.05, 0.1) is 23.7 Å². The number of amides is 4. The molecule has 0 aromatic heterocycles. The zero-order valence-corrected chi connectivity index (χ0v) is 11.5. The topological polar surface area (TPSA) is 74.8 Å². The molecule has 0 N–H and O–H groups in total. The number of carbonyl (C=O) groups excluding carboxylic acids is 4. The van der Waals surface area contributed by atoms with Gasteiger partial charge in [0.25, 0.3) is 0 Å². The largest absolute Gasteiger partial charge is 0.285 e. The zero-order valence-electron chi connectivity index (χ0n) is 11.5. The van der Waals surface area contributed by atoms with Crippen molar-refractivity contribution in [3.63, 3.8) is 0 Å². The van der Waals surface area contributed by atoms with Crippen LogP contribution in [0.3, 0.4) is 0 Å². The lowest BCUT2D eigenvalue weighted by Gasteiger charge is -2.36. The highest BCUT2D eigenvalue weighted by molar-refractivity contribution is 6.17. The Balaban J connectivity index is 1.85. The summed E-state index contributed by atoms with van der Waals surface area (Å²) in [5, 5.41) is 0. The molecular weight excluding hydrogens is 260 g/mol. The van der Waals surface area contributed by atoms with Gasteiger partial charge >= 0.3 is 0 Å². The Labute approximate surface area is 116 Å².